The van der Waals surface area contributed by atoms with E-state index in [1.54, 1.807) is 0 Å². The summed E-state index contributed by atoms with van der Waals surface area (Å²) in [5, 5.41) is 0. The van der Waals surface area contributed by atoms with Gasteiger partial charge < -0.3 is 0 Å². The average Bonchev–Trinajstić information content (AvgIpc) is 2.15. The molecule has 0 rings (SSSR count). The van der Waals surface area contributed by atoms with E-state index in [0.29, 0.717) is 0 Å². The number of hydrogen-bond acceptors (Lipinski definition) is 2. The van der Waals surface area contributed by atoms with Gasteiger partial charge in [-0.1, -0.05) is 34.1 Å². The highest BCUT2D eigenvalue weighted by atomic mass is 15.3. The van der Waals surface area contributed by atoms with Crippen molar-refractivity contribution < 1.29 is 0 Å². The van der Waals surface area contributed by atoms with Gasteiger partial charge in [0.25, 0.3) is 0 Å². The van der Waals surface area contributed by atoms with Gasteiger partial charge in [0.2, 0.25) is 0 Å². The summed E-state index contributed by atoms with van der Waals surface area (Å²) in [5.74, 6) is 1.68. The van der Waals surface area contributed by atoms with E-state index >= 15 is 0 Å². The first kappa shape index (κ1) is 13.9. The van der Waals surface area contributed by atoms with Crippen LogP contribution in [0, 0.1) is 11.8 Å². The maximum atomic E-state index is 3.27. The summed E-state index contributed by atoms with van der Waals surface area (Å²) in [6.07, 6.45) is 5.15. The van der Waals surface area contributed by atoms with Gasteiger partial charge in [-0.3, -0.25) is 10.9 Å². The van der Waals surface area contributed by atoms with Gasteiger partial charge >= 0.3 is 0 Å². The Balaban J connectivity index is 2.99. The topological polar surface area (TPSA) is 24.1 Å². The summed E-state index contributed by atoms with van der Waals surface area (Å²) in [4.78, 5) is 0. The van der Waals surface area contributed by atoms with E-state index in [-0.39, 0.29) is 0 Å². The van der Waals surface area contributed by atoms with Crippen molar-refractivity contribution in [2.75, 3.05) is 13.1 Å². The molecule has 0 bridgehead atoms. The van der Waals surface area contributed by atoms with E-state index < -0.39 is 0 Å². The summed E-state index contributed by atoms with van der Waals surface area (Å²) in [5.41, 5.74) is 6.54. The highest BCUT2D eigenvalue weighted by molar-refractivity contribution is 4.52. The van der Waals surface area contributed by atoms with Crippen molar-refractivity contribution >= 4 is 0 Å². The molecule has 0 heterocycles. The summed E-state index contributed by atoms with van der Waals surface area (Å²) >= 11 is 0. The van der Waals surface area contributed by atoms with Crippen molar-refractivity contribution in [3.8, 4) is 0 Å². The molecule has 0 aromatic carbocycles. The number of rotatable bonds is 9. The molecule has 14 heavy (non-hydrogen) atoms. The predicted molar refractivity (Wildman–Crippen MR) is 64.1 cm³/mol. The van der Waals surface area contributed by atoms with Gasteiger partial charge in [-0.05, 0) is 31.1 Å². The van der Waals surface area contributed by atoms with E-state index in [1.807, 2.05) is 0 Å². The van der Waals surface area contributed by atoms with Gasteiger partial charge in [-0.15, -0.1) is 0 Å². The van der Waals surface area contributed by atoms with Crippen LogP contribution in [0.5, 0.6) is 0 Å². The largest absolute Gasteiger partial charge is 0.258 e. The monoisotopic (exact) mass is 200 g/mol. The van der Waals surface area contributed by atoms with Crippen LogP contribution >= 0.6 is 0 Å². The minimum absolute atomic E-state index is 0.830. The van der Waals surface area contributed by atoms with Crippen LogP contribution in [0.3, 0.4) is 0 Å². The Morgan fingerprint density at radius 2 is 1.57 bits per heavy atom. The van der Waals surface area contributed by atoms with Crippen LogP contribution in [0.25, 0.3) is 0 Å². The highest BCUT2D eigenvalue weighted by Crippen LogP contribution is 2.04. The van der Waals surface area contributed by atoms with E-state index in [0.717, 1.165) is 24.9 Å². The molecule has 0 spiro atoms. The van der Waals surface area contributed by atoms with Crippen LogP contribution in [0.15, 0.2) is 0 Å². The van der Waals surface area contributed by atoms with Crippen molar-refractivity contribution in [1.29, 1.82) is 0 Å². The molecule has 0 aliphatic carbocycles. The third kappa shape index (κ3) is 10.0. The molecule has 0 aliphatic heterocycles. The number of hydrazine groups is 1. The molecule has 0 radical (unpaired) electrons. The molecule has 0 aromatic rings. The molecule has 1 unspecified atom stereocenters. The van der Waals surface area contributed by atoms with Crippen LogP contribution in [-0.2, 0) is 0 Å². The van der Waals surface area contributed by atoms with Crippen LogP contribution in [-0.4, -0.2) is 13.1 Å². The highest BCUT2D eigenvalue weighted by Gasteiger charge is 1.97. The molecule has 0 aliphatic rings. The minimum atomic E-state index is 0.830. The summed E-state index contributed by atoms with van der Waals surface area (Å²) < 4.78 is 0. The summed E-state index contributed by atoms with van der Waals surface area (Å²) in [6, 6.07) is 0. The first-order chi connectivity index (χ1) is 6.66. The molecular formula is C12H28N2. The molecule has 0 fully saturated rings. The predicted octanol–water partition coefficient (Wildman–Crippen LogP) is 2.95. The van der Waals surface area contributed by atoms with Crippen LogP contribution in [0.2, 0.25) is 0 Å². The minimum Gasteiger partial charge on any atom is -0.258 e. The molecule has 0 amide bonds. The molecule has 2 nitrogen and oxygen atoms in total. The third-order valence-corrected chi connectivity index (χ3v) is 2.67. The molecule has 0 saturated heterocycles. The number of nitrogens with one attached hydrogen (secondary N) is 2. The van der Waals surface area contributed by atoms with E-state index in [1.165, 1.54) is 25.7 Å². The quantitative estimate of drug-likeness (QED) is 0.442. The summed E-state index contributed by atoms with van der Waals surface area (Å²) in [7, 11) is 0. The fourth-order valence-corrected chi connectivity index (χ4v) is 1.30. The van der Waals surface area contributed by atoms with Gasteiger partial charge in [0.15, 0.2) is 0 Å². The number of hydrogen-bond donors (Lipinski definition) is 2. The van der Waals surface area contributed by atoms with Crippen molar-refractivity contribution in [3.05, 3.63) is 0 Å². The van der Waals surface area contributed by atoms with Crippen molar-refractivity contribution in [2.45, 2.75) is 53.4 Å². The fourth-order valence-electron chi connectivity index (χ4n) is 1.30. The average molecular weight is 200 g/mol. The van der Waals surface area contributed by atoms with Crippen molar-refractivity contribution in [2.24, 2.45) is 11.8 Å². The lowest BCUT2D eigenvalue weighted by Gasteiger charge is -2.10. The molecule has 0 saturated carbocycles. The molecule has 2 heteroatoms. The zero-order valence-corrected chi connectivity index (χ0v) is 10.4. The van der Waals surface area contributed by atoms with Crippen molar-refractivity contribution in [1.82, 2.24) is 10.9 Å². The first-order valence-electron chi connectivity index (χ1n) is 6.12. The Labute approximate surface area is 89.8 Å². The maximum absolute atomic E-state index is 3.27. The van der Waals surface area contributed by atoms with E-state index in [4.69, 9.17) is 0 Å². The molecule has 86 valence electrons. The van der Waals surface area contributed by atoms with Gasteiger partial charge in [-0.25, -0.2) is 0 Å². The van der Waals surface area contributed by atoms with E-state index in [2.05, 4.69) is 38.5 Å². The Bertz CT molecular complexity index is 113. The van der Waals surface area contributed by atoms with Crippen LogP contribution in [0.4, 0.5) is 0 Å². The Hall–Kier alpha value is -0.0800. The van der Waals surface area contributed by atoms with Gasteiger partial charge in [0, 0.05) is 13.1 Å². The van der Waals surface area contributed by atoms with E-state index in [9.17, 15) is 0 Å². The van der Waals surface area contributed by atoms with Gasteiger partial charge in [0.1, 0.15) is 0 Å². The van der Waals surface area contributed by atoms with Crippen LogP contribution < -0.4 is 10.9 Å². The normalized spacial score (nSPS) is 13.5. The second kappa shape index (κ2) is 9.47. The SMILES string of the molecule is CCC(C)CCNNCCCC(C)C. The zero-order valence-electron chi connectivity index (χ0n) is 10.4. The first-order valence-corrected chi connectivity index (χ1v) is 6.12. The molecule has 1 atom stereocenters. The lowest BCUT2D eigenvalue weighted by atomic mass is 10.1. The lowest BCUT2D eigenvalue weighted by Crippen LogP contribution is -2.34. The van der Waals surface area contributed by atoms with Crippen molar-refractivity contribution in [3.63, 3.8) is 0 Å². The molecular weight excluding hydrogens is 172 g/mol. The fraction of sp³-hybridized carbons (Fsp3) is 1.00. The van der Waals surface area contributed by atoms with Crippen LogP contribution in [0.1, 0.15) is 53.4 Å². The van der Waals surface area contributed by atoms with Gasteiger partial charge in [0.05, 0.1) is 0 Å². The maximum Gasteiger partial charge on any atom is 0.0102 e. The second-order valence-corrected chi connectivity index (χ2v) is 4.69. The standard InChI is InChI=1S/C12H28N2/c1-5-12(4)8-10-14-13-9-6-7-11(2)3/h11-14H,5-10H2,1-4H3. The smallest absolute Gasteiger partial charge is 0.0102 e. The van der Waals surface area contributed by atoms with Gasteiger partial charge in [-0.2, -0.15) is 0 Å². The molecule has 0 aromatic heterocycles. The lowest BCUT2D eigenvalue weighted by molar-refractivity contribution is 0.434. The summed E-state index contributed by atoms with van der Waals surface area (Å²) in [6.45, 7) is 11.3. The Morgan fingerprint density at radius 3 is 2.14 bits per heavy atom. The zero-order chi connectivity index (χ0) is 10.8. The Morgan fingerprint density at radius 1 is 0.929 bits per heavy atom. The Kier molecular flexibility index (Phi) is 9.42. The third-order valence-electron chi connectivity index (χ3n) is 2.67. The molecule has 2 N–H and O–H groups in total. The second-order valence-electron chi connectivity index (χ2n) is 4.69.